The Kier molecular flexibility index (Phi) is 3.05. The molecule has 3 aliphatic rings. The number of aliphatic imine (C=N–C) groups is 2. The van der Waals surface area contributed by atoms with Gasteiger partial charge >= 0.3 is 0 Å². The maximum atomic E-state index is 11.7. The molecule has 3 aliphatic heterocycles. The van der Waals surface area contributed by atoms with Crippen LogP contribution in [0, 0.1) is 0 Å². The summed E-state index contributed by atoms with van der Waals surface area (Å²) >= 11 is 0. The summed E-state index contributed by atoms with van der Waals surface area (Å²) in [5, 5.41) is 31.1. The predicted octanol–water partition coefficient (Wildman–Crippen LogP) is -3.38. The number of fused-ring (bicyclic) bond motifs is 1. The number of nitrogens with one attached hydrogen (secondary N) is 1. The van der Waals surface area contributed by atoms with Gasteiger partial charge in [0.25, 0.3) is 5.91 Å². The second-order valence-corrected chi connectivity index (χ2v) is 4.77. The minimum Gasteiger partial charge on any atom is -0.394 e. The van der Waals surface area contributed by atoms with E-state index < -0.39 is 43.0 Å². The highest BCUT2D eigenvalue weighted by molar-refractivity contribution is 6.46. The number of carbonyl (C=O) groups excluding carboxylic acids is 1. The first kappa shape index (κ1) is 13.2. The molecule has 3 heterocycles. The second kappa shape index (κ2) is 4.63. The zero-order valence-corrected chi connectivity index (χ0v) is 10.3. The molecule has 9 heteroatoms. The molecule has 1 saturated heterocycles. The van der Waals surface area contributed by atoms with Crippen molar-refractivity contribution in [3.8, 4) is 0 Å². The summed E-state index contributed by atoms with van der Waals surface area (Å²) < 4.78 is 5.41. The molecule has 1 fully saturated rings. The lowest BCUT2D eigenvalue weighted by Crippen LogP contribution is -2.50. The van der Waals surface area contributed by atoms with E-state index in [0.29, 0.717) is 5.57 Å². The molecule has 6 N–H and O–H groups in total. The number of hydrogen-bond acceptors (Lipinski definition) is 8. The zero-order chi connectivity index (χ0) is 14.4. The van der Waals surface area contributed by atoms with E-state index in [1.807, 2.05) is 0 Å². The Morgan fingerprint density at radius 2 is 2.15 bits per heavy atom. The Labute approximate surface area is 113 Å². The Morgan fingerprint density at radius 3 is 2.80 bits per heavy atom. The fourth-order valence-electron chi connectivity index (χ4n) is 2.52. The summed E-state index contributed by atoms with van der Waals surface area (Å²) in [7, 11) is 0. The van der Waals surface area contributed by atoms with Gasteiger partial charge in [-0.1, -0.05) is 0 Å². The molecule has 0 aromatic rings. The van der Waals surface area contributed by atoms with Gasteiger partial charge in [0, 0.05) is 11.8 Å². The fourth-order valence-corrected chi connectivity index (χ4v) is 2.52. The average Bonchev–Trinajstić information content (AvgIpc) is 2.93. The highest BCUT2D eigenvalue weighted by Gasteiger charge is 2.48. The highest BCUT2D eigenvalue weighted by atomic mass is 16.6. The van der Waals surface area contributed by atoms with E-state index in [2.05, 4.69) is 15.3 Å². The summed E-state index contributed by atoms with van der Waals surface area (Å²) in [6, 6.07) is -0.729. The van der Waals surface area contributed by atoms with E-state index in [0.717, 1.165) is 0 Å². The standard InChI is InChI=1S/C11H14N4O5/c12-11-14-5-3(1-13-6(5)10(19)15-11)9-8(18)7(17)4(2-16)20-9/h1,4-5,7-9,16-18H,2H2,(H3,12,14,15,19). The quantitative estimate of drug-likeness (QED) is 0.356. The van der Waals surface area contributed by atoms with Crippen molar-refractivity contribution in [1.29, 1.82) is 0 Å². The van der Waals surface area contributed by atoms with Gasteiger partial charge in [-0.05, 0) is 0 Å². The number of aliphatic hydroxyl groups excluding tert-OH is 3. The van der Waals surface area contributed by atoms with Crippen LogP contribution in [0.25, 0.3) is 0 Å². The summed E-state index contributed by atoms with van der Waals surface area (Å²) in [6.07, 6.45) is -2.85. The third-order valence-corrected chi connectivity index (χ3v) is 3.54. The Hall–Kier alpha value is -1.81. The third kappa shape index (κ3) is 1.83. The smallest absolute Gasteiger partial charge is 0.274 e. The van der Waals surface area contributed by atoms with E-state index in [1.54, 1.807) is 0 Å². The number of nitrogens with two attached hydrogens (primary N) is 1. The lowest BCUT2D eigenvalue weighted by Gasteiger charge is -2.23. The molecule has 5 unspecified atom stereocenters. The van der Waals surface area contributed by atoms with Gasteiger partial charge in [0.15, 0.2) is 5.96 Å². The fraction of sp³-hybridized carbons (Fsp3) is 0.545. The summed E-state index contributed by atoms with van der Waals surface area (Å²) in [5.74, 6) is -0.501. The summed E-state index contributed by atoms with van der Waals surface area (Å²) in [6.45, 7) is -0.424. The minimum absolute atomic E-state index is 0.0431. The third-order valence-electron chi connectivity index (χ3n) is 3.54. The van der Waals surface area contributed by atoms with Crippen LogP contribution in [0.3, 0.4) is 0 Å². The molecule has 0 bridgehead atoms. The molecule has 3 rings (SSSR count). The lowest BCUT2D eigenvalue weighted by atomic mass is 9.95. The SMILES string of the molecule is NC1=NC2C(C3OC(CO)C(O)C3O)=CN=C2C(=O)N1. The first-order valence-corrected chi connectivity index (χ1v) is 6.07. The number of ether oxygens (including phenoxy) is 1. The highest BCUT2D eigenvalue weighted by Crippen LogP contribution is 2.32. The van der Waals surface area contributed by atoms with E-state index >= 15 is 0 Å². The largest absolute Gasteiger partial charge is 0.394 e. The normalized spacial score (nSPS) is 39.9. The van der Waals surface area contributed by atoms with Crippen LogP contribution in [-0.2, 0) is 9.53 Å². The first-order chi connectivity index (χ1) is 9.52. The molecule has 20 heavy (non-hydrogen) atoms. The van der Waals surface area contributed by atoms with Crippen molar-refractivity contribution >= 4 is 17.6 Å². The van der Waals surface area contributed by atoms with Gasteiger partial charge in [-0.25, -0.2) is 4.99 Å². The van der Waals surface area contributed by atoms with Crippen LogP contribution in [0.4, 0.5) is 0 Å². The van der Waals surface area contributed by atoms with Gasteiger partial charge in [-0.15, -0.1) is 0 Å². The van der Waals surface area contributed by atoms with Crippen LogP contribution >= 0.6 is 0 Å². The van der Waals surface area contributed by atoms with Crippen molar-refractivity contribution in [2.24, 2.45) is 15.7 Å². The molecule has 0 aliphatic carbocycles. The summed E-state index contributed by atoms with van der Waals surface area (Å²) in [4.78, 5) is 19.7. The maximum absolute atomic E-state index is 11.7. The number of guanidine groups is 1. The van der Waals surface area contributed by atoms with Gasteiger partial charge in [0.1, 0.15) is 36.2 Å². The van der Waals surface area contributed by atoms with Gasteiger partial charge < -0.3 is 25.8 Å². The van der Waals surface area contributed by atoms with Crippen LogP contribution in [0.2, 0.25) is 0 Å². The molecular weight excluding hydrogens is 268 g/mol. The predicted molar refractivity (Wildman–Crippen MR) is 66.8 cm³/mol. The summed E-state index contributed by atoms with van der Waals surface area (Å²) in [5.41, 5.74) is 6.09. The molecule has 0 aromatic carbocycles. The number of rotatable bonds is 2. The molecule has 0 spiro atoms. The average molecular weight is 282 g/mol. The van der Waals surface area contributed by atoms with Gasteiger partial charge in [0.05, 0.1) is 6.61 Å². The molecule has 1 amide bonds. The molecule has 5 atom stereocenters. The molecule has 108 valence electrons. The monoisotopic (exact) mass is 282 g/mol. The van der Waals surface area contributed by atoms with E-state index in [-0.39, 0.29) is 11.7 Å². The van der Waals surface area contributed by atoms with Crippen molar-refractivity contribution in [2.75, 3.05) is 6.61 Å². The van der Waals surface area contributed by atoms with Crippen LogP contribution in [0.5, 0.6) is 0 Å². The Bertz CT molecular complexity index is 543. The van der Waals surface area contributed by atoms with Crippen molar-refractivity contribution in [3.05, 3.63) is 11.8 Å². The number of hydrogen-bond donors (Lipinski definition) is 5. The van der Waals surface area contributed by atoms with Crippen LogP contribution in [-0.4, -0.2) is 70.0 Å². The van der Waals surface area contributed by atoms with E-state index in [4.69, 9.17) is 15.6 Å². The van der Waals surface area contributed by atoms with Crippen LogP contribution in [0.1, 0.15) is 0 Å². The second-order valence-electron chi connectivity index (χ2n) is 4.77. The number of amides is 1. The van der Waals surface area contributed by atoms with Crippen molar-refractivity contribution in [2.45, 2.75) is 30.5 Å². The van der Waals surface area contributed by atoms with Crippen LogP contribution in [0.15, 0.2) is 21.8 Å². The van der Waals surface area contributed by atoms with Crippen LogP contribution < -0.4 is 11.1 Å². The Morgan fingerprint density at radius 1 is 1.40 bits per heavy atom. The molecule has 0 saturated carbocycles. The number of nitrogens with zero attached hydrogens (tertiary/aromatic N) is 2. The van der Waals surface area contributed by atoms with Gasteiger partial charge in [-0.3, -0.25) is 15.1 Å². The zero-order valence-electron chi connectivity index (χ0n) is 10.3. The number of aliphatic hydroxyl groups is 3. The molecule has 0 radical (unpaired) electrons. The molecule has 9 nitrogen and oxygen atoms in total. The minimum atomic E-state index is -1.23. The van der Waals surface area contributed by atoms with Gasteiger partial charge in [0.2, 0.25) is 0 Å². The maximum Gasteiger partial charge on any atom is 0.274 e. The first-order valence-electron chi connectivity index (χ1n) is 6.07. The van der Waals surface area contributed by atoms with Gasteiger partial charge in [-0.2, -0.15) is 0 Å². The topological polar surface area (TPSA) is 150 Å². The van der Waals surface area contributed by atoms with E-state index in [9.17, 15) is 15.0 Å². The van der Waals surface area contributed by atoms with Crippen molar-refractivity contribution in [3.63, 3.8) is 0 Å². The number of carbonyl (C=O) groups is 1. The van der Waals surface area contributed by atoms with Crippen molar-refractivity contribution in [1.82, 2.24) is 5.32 Å². The lowest BCUT2D eigenvalue weighted by molar-refractivity contribution is -0.113. The van der Waals surface area contributed by atoms with E-state index in [1.165, 1.54) is 6.20 Å². The Balaban J connectivity index is 1.87. The molecule has 0 aromatic heterocycles. The molecular formula is C11H14N4O5. The van der Waals surface area contributed by atoms with Crippen molar-refractivity contribution < 1.29 is 24.9 Å².